The molecule has 2 rings (SSSR count). The van der Waals surface area contributed by atoms with Crippen molar-refractivity contribution in [1.29, 1.82) is 0 Å². The molecule has 1 saturated heterocycles. The number of hydrogen-bond donors (Lipinski definition) is 1. The third-order valence-electron chi connectivity index (χ3n) is 3.70. The third-order valence-corrected chi connectivity index (χ3v) is 3.70. The molecule has 0 saturated carbocycles. The van der Waals surface area contributed by atoms with Crippen molar-refractivity contribution in [3.05, 3.63) is 29.8 Å². The van der Waals surface area contributed by atoms with Crippen LogP contribution in [0.5, 0.6) is 5.75 Å². The van der Waals surface area contributed by atoms with Gasteiger partial charge >= 0.3 is 0 Å². The Morgan fingerprint density at radius 2 is 2.26 bits per heavy atom. The van der Waals surface area contributed by atoms with Crippen molar-refractivity contribution >= 4 is 5.91 Å². The minimum absolute atomic E-state index is 0.0873. The van der Waals surface area contributed by atoms with Gasteiger partial charge in [-0.05, 0) is 38.0 Å². The predicted molar refractivity (Wildman–Crippen MR) is 75.1 cm³/mol. The van der Waals surface area contributed by atoms with Gasteiger partial charge < -0.3 is 15.4 Å². The van der Waals surface area contributed by atoms with Crippen LogP contribution in [0.4, 0.5) is 0 Å². The Balaban J connectivity index is 2.08. The van der Waals surface area contributed by atoms with Crippen molar-refractivity contribution in [2.75, 3.05) is 13.7 Å². The average molecular weight is 262 g/mol. The zero-order valence-corrected chi connectivity index (χ0v) is 11.8. The summed E-state index contributed by atoms with van der Waals surface area (Å²) < 4.78 is 5.17. The standard InChI is InChI=1S/C15H22N2O2/c1-15(2)9-12(16)10-17(15)14(18)8-11-5-4-6-13(7-11)19-3/h4-7,12H,8-10,16H2,1-3H3. The van der Waals surface area contributed by atoms with E-state index in [0.717, 1.165) is 17.7 Å². The van der Waals surface area contributed by atoms with E-state index < -0.39 is 0 Å². The number of hydrogen-bond acceptors (Lipinski definition) is 3. The summed E-state index contributed by atoms with van der Waals surface area (Å²) in [5, 5.41) is 0. The van der Waals surface area contributed by atoms with Gasteiger partial charge in [-0.25, -0.2) is 0 Å². The molecule has 19 heavy (non-hydrogen) atoms. The molecule has 1 heterocycles. The van der Waals surface area contributed by atoms with E-state index in [4.69, 9.17) is 10.5 Å². The molecule has 0 aromatic heterocycles. The highest BCUT2D eigenvalue weighted by molar-refractivity contribution is 5.80. The summed E-state index contributed by atoms with van der Waals surface area (Å²) in [5.74, 6) is 0.911. The zero-order chi connectivity index (χ0) is 14.0. The van der Waals surface area contributed by atoms with Crippen LogP contribution in [0.15, 0.2) is 24.3 Å². The SMILES string of the molecule is COc1cccc(CC(=O)N2CC(N)CC2(C)C)c1. The van der Waals surface area contributed by atoms with Crippen LogP contribution in [-0.4, -0.2) is 36.0 Å². The fourth-order valence-corrected chi connectivity index (χ4v) is 2.79. The minimum atomic E-state index is -0.143. The first-order valence-corrected chi connectivity index (χ1v) is 6.61. The molecule has 0 bridgehead atoms. The van der Waals surface area contributed by atoms with Gasteiger partial charge in [0.25, 0.3) is 0 Å². The fraction of sp³-hybridized carbons (Fsp3) is 0.533. The van der Waals surface area contributed by atoms with Crippen LogP contribution in [0, 0.1) is 0 Å². The summed E-state index contributed by atoms with van der Waals surface area (Å²) >= 11 is 0. The summed E-state index contributed by atoms with van der Waals surface area (Å²) in [7, 11) is 1.63. The Morgan fingerprint density at radius 1 is 1.53 bits per heavy atom. The van der Waals surface area contributed by atoms with Crippen molar-refractivity contribution in [2.24, 2.45) is 5.73 Å². The maximum Gasteiger partial charge on any atom is 0.227 e. The van der Waals surface area contributed by atoms with Gasteiger partial charge in [-0.15, -0.1) is 0 Å². The van der Waals surface area contributed by atoms with Gasteiger partial charge in [0.2, 0.25) is 5.91 Å². The monoisotopic (exact) mass is 262 g/mol. The van der Waals surface area contributed by atoms with E-state index in [1.807, 2.05) is 29.2 Å². The molecule has 1 unspecified atom stereocenters. The average Bonchev–Trinajstić information content (AvgIpc) is 2.62. The normalized spacial score (nSPS) is 21.5. The lowest BCUT2D eigenvalue weighted by atomic mass is 10.00. The van der Waals surface area contributed by atoms with Gasteiger partial charge in [0.05, 0.1) is 13.5 Å². The number of nitrogens with zero attached hydrogens (tertiary/aromatic N) is 1. The number of rotatable bonds is 3. The maximum absolute atomic E-state index is 12.4. The molecule has 1 aliphatic rings. The number of ether oxygens (including phenoxy) is 1. The third kappa shape index (κ3) is 3.07. The van der Waals surface area contributed by atoms with Crippen LogP contribution in [0.1, 0.15) is 25.8 Å². The van der Waals surface area contributed by atoms with E-state index in [2.05, 4.69) is 13.8 Å². The Bertz CT molecular complexity index is 471. The van der Waals surface area contributed by atoms with Crippen molar-refractivity contribution in [2.45, 2.75) is 38.3 Å². The van der Waals surface area contributed by atoms with E-state index in [9.17, 15) is 4.79 Å². The molecule has 104 valence electrons. The topological polar surface area (TPSA) is 55.6 Å². The Labute approximate surface area is 114 Å². The van der Waals surface area contributed by atoms with E-state index in [1.54, 1.807) is 7.11 Å². The molecule has 1 aromatic carbocycles. The molecule has 2 N–H and O–H groups in total. The highest BCUT2D eigenvalue weighted by Crippen LogP contribution is 2.28. The number of likely N-dealkylation sites (tertiary alicyclic amines) is 1. The van der Waals surface area contributed by atoms with E-state index in [-0.39, 0.29) is 17.5 Å². The van der Waals surface area contributed by atoms with Gasteiger partial charge in [-0.2, -0.15) is 0 Å². The maximum atomic E-state index is 12.4. The number of benzene rings is 1. The van der Waals surface area contributed by atoms with Gasteiger partial charge in [0, 0.05) is 18.1 Å². The molecular formula is C15H22N2O2. The highest BCUT2D eigenvalue weighted by atomic mass is 16.5. The van der Waals surface area contributed by atoms with Gasteiger partial charge in [0.15, 0.2) is 0 Å². The summed E-state index contributed by atoms with van der Waals surface area (Å²) in [6.45, 7) is 4.79. The first-order chi connectivity index (χ1) is 8.92. The number of carbonyl (C=O) groups excluding carboxylic acids is 1. The van der Waals surface area contributed by atoms with Crippen LogP contribution >= 0.6 is 0 Å². The second-order valence-electron chi connectivity index (χ2n) is 5.81. The molecule has 1 amide bonds. The molecule has 0 radical (unpaired) electrons. The molecule has 1 aliphatic heterocycles. The molecule has 0 aliphatic carbocycles. The molecular weight excluding hydrogens is 240 g/mol. The largest absolute Gasteiger partial charge is 0.497 e. The number of nitrogens with two attached hydrogens (primary N) is 1. The molecule has 1 aromatic rings. The predicted octanol–water partition coefficient (Wildman–Crippen LogP) is 1.58. The molecule has 0 spiro atoms. The Kier molecular flexibility index (Phi) is 3.80. The van der Waals surface area contributed by atoms with Crippen LogP contribution < -0.4 is 10.5 Å². The van der Waals surface area contributed by atoms with E-state index in [1.165, 1.54) is 0 Å². The van der Waals surface area contributed by atoms with Crippen LogP contribution in [-0.2, 0) is 11.2 Å². The first kappa shape index (κ1) is 13.9. The van der Waals surface area contributed by atoms with E-state index in [0.29, 0.717) is 13.0 Å². The van der Waals surface area contributed by atoms with Gasteiger partial charge in [0.1, 0.15) is 5.75 Å². The Morgan fingerprint density at radius 3 is 2.84 bits per heavy atom. The van der Waals surface area contributed by atoms with Crippen LogP contribution in [0.3, 0.4) is 0 Å². The number of carbonyl (C=O) groups is 1. The summed E-state index contributed by atoms with van der Waals surface area (Å²) in [6.07, 6.45) is 1.25. The van der Waals surface area contributed by atoms with Crippen molar-refractivity contribution < 1.29 is 9.53 Å². The summed E-state index contributed by atoms with van der Waals surface area (Å²) in [5.41, 5.74) is 6.79. The summed E-state index contributed by atoms with van der Waals surface area (Å²) in [6, 6.07) is 7.72. The van der Waals surface area contributed by atoms with Crippen LogP contribution in [0.25, 0.3) is 0 Å². The summed E-state index contributed by atoms with van der Waals surface area (Å²) in [4.78, 5) is 14.3. The second-order valence-corrected chi connectivity index (χ2v) is 5.81. The molecule has 4 nitrogen and oxygen atoms in total. The number of methoxy groups -OCH3 is 1. The van der Waals surface area contributed by atoms with E-state index >= 15 is 0 Å². The van der Waals surface area contributed by atoms with Crippen molar-refractivity contribution in [3.63, 3.8) is 0 Å². The van der Waals surface area contributed by atoms with Crippen molar-refractivity contribution in [1.82, 2.24) is 4.90 Å². The Hall–Kier alpha value is -1.55. The lowest BCUT2D eigenvalue weighted by Gasteiger charge is -2.31. The lowest BCUT2D eigenvalue weighted by Crippen LogP contribution is -2.43. The quantitative estimate of drug-likeness (QED) is 0.899. The van der Waals surface area contributed by atoms with Gasteiger partial charge in [-0.3, -0.25) is 4.79 Å². The zero-order valence-electron chi connectivity index (χ0n) is 11.8. The molecule has 1 fully saturated rings. The lowest BCUT2D eigenvalue weighted by molar-refractivity contribution is -0.133. The smallest absolute Gasteiger partial charge is 0.227 e. The van der Waals surface area contributed by atoms with Gasteiger partial charge in [-0.1, -0.05) is 12.1 Å². The fourth-order valence-electron chi connectivity index (χ4n) is 2.79. The molecule has 1 atom stereocenters. The minimum Gasteiger partial charge on any atom is -0.497 e. The molecule has 4 heteroatoms. The van der Waals surface area contributed by atoms with Crippen molar-refractivity contribution in [3.8, 4) is 5.75 Å². The highest BCUT2D eigenvalue weighted by Gasteiger charge is 2.39. The number of amides is 1. The second kappa shape index (κ2) is 5.21. The first-order valence-electron chi connectivity index (χ1n) is 6.61. The van der Waals surface area contributed by atoms with Crippen LogP contribution in [0.2, 0.25) is 0 Å².